The standard InChI is InChI=1S/C18H17N5OS2/c1-12-6-7-13(2)14(9-12)10-20-21-16(24)11-25-18-23-22-17(26-18)15-5-3-4-8-19-15/h3-10H,11H2,1-2H3,(H,21,24)/b20-10+. The van der Waals surface area contributed by atoms with Crippen LogP contribution in [0.4, 0.5) is 0 Å². The summed E-state index contributed by atoms with van der Waals surface area (Å²) in [5.41, 5.74) is 6.57. The number of benzene rings is 1. The fourth-order valence-corrected chi connectivity index (χ4v) is 3.71. The molecule has 0 saturated heterocycles. The summed E-state index contributed by atoms with van der Waals surface area (Å²) >= 11 is 2.74. The van der Waals surface area contributed by atoms with Crippen molar-refractivity contribution in [2.45, 2.75) is 18.2 Å². The number of aryl methyl sites for hydroxylation is 2. The van der Waals surface area contributed by atoms with E-state index >= 15 is 0 Å². The molecule has 0 saturated carbocycles. The van der Waals surface area contributed by atoms with E-state index in [0.29, 0.717) is 0 Å². The van der Waals surface area contributed by atoms with Gasteiger partial charge in [0, 0.05) is 6.20 Å². The molecular weight excluding hydrogens is 366 g/mol. The molecule has 0 bridgehead atoms. The number of rotatable bonds is 6. The number of hydrogen-bond donors (Lipinski definition) is 1. The van der Waals surface area contributed by atoms with E-state index in [1.165, 1.54) is 23.1 Å². The van der Waals surface area contributed by atoms with Gasteiger partial charge < -0.3 is 0 Å². The van der Waals surface area contributed by atoms with Crippen molar-refractivity contribution in [1.29, 1.82) is 0 Å². The minimum atomic E-state index is -0.189. The highest BCUT2D eigenvalue weighted by molar-refractivity contribution is 8.01. The molecule has 132 valence electrons. The highest BCUT2D eigenvalue weighted by Crippen LogP contribution is 2.27. The zero-order valence-corrected chi connectivity index (χ0v) is 16.0. The SMILES string of the molecule is Cc1ccc(C)c(/C=N/NC(=O)CSc2nnc(-c3ccccn3)s2)c1. The van der Waals surface area contributed by atoms with Crippen LogP contribution < -0.4 is 5.43 Å². The van der Waals surface area contributed by atoms with Crippen molar-refractivity contribution in [3.05, 3.63) is 59.3 Å². The van der Waals surface area contributed by atoms with E-state index < -0.39 is 0 Å². The van der Waals surface area contributed by atoms with Gasteiger partial charge in [0.25, 0.3) is 5.91 Å². The third-order valence-electron chi connectivity index (χ3n) is 3.44. The van der Waals surface area contributed by atoms with Crippen molar-refractivity contribution in [1.82, 2.24) is 20.6 Å². The maximum absolute atomic E-state index is 11.9. The van der Waals surface area contributed by atoms with Gasteiger partial charge in [0.05, 0.1) is 12.0 Å². The molecule has 3 aromatic rings. The van der Waals surface area contributed by atoms with E-state index in [1.807, 2.05) is 50.2 Å². The van der Waals surface area contributed by atoms with E-state index in [1.54, 1.807) is 12.4 Å². The quantitative estimate of drug-likeness (QED) is 0.401. The molecule has 3 rings (SSSR count). The predicted octanol–water partition coefficient (Wildman–Crippen LogP) is 3.46. The summed E-state index contributed by atoms with van der Waals surface area (Å²) in [6.07, 6.45) is 3.37. The molecule has 0 aliphatic heterocycles. The molecule has 0 atom stereocenters. The zero-order valence-electron chi connectivity index (χ0n) is 14.3. The molecule has 6 nitrogen and oxygen atoms in total. The van der Waals surface area contributed by atoms with Crippen molar-refractivity contribution in [2.24, 2.45) is 5.10 Å². The Bertz CT molecular complexity index is 924. The molecule has 1 amide bonds. The maximum Gasteiger partial charge on any atom is 0.250 e. The van der Waals surface area contributed by atoms with Gasteiger partial charge in [-0.25, -0.2) is 5.43 Å². The number of nitrogens with zero attached hydrogens (tertiary/aromatic N) is 4. The lowest BCUT2D eigenvalue weighted by Gasteiger charge is -2.01. The van der Waals surface area contributed by atoms with Gasteiger partial charge in [-0.3, -0.25) is 9.78 Å². The monoisotopic (exact) mass is 383 g/mol. The predicted molar refractivity (Wildman–Crippen MR) is 106 cm³/mol. The van der Waals surface area contributed by atoms with E-state index in [-0.39, 0.29) is 11.7 Å². The second-order valence-electron chi connectivity index (χ2n) is 5.53. The van der Waals surface area contributed by atoms with Crippen LogP contribution in [0.15, 0.2) is 52.0 Å². The number of carbonyl (C=O) groups is 1. The van der Waals surface area contributed by atoms with Crippen molar-refractivity contribution in [2.75, 3.05) is 5.75 Å². The Hall–Kier alpha value is -2.58. The lowest BCUT2D eigenvalue weighted by Crippen LogP contribution is -2.19. The number of thioether (sulfide) groups is 1. The van der Waals surface area contributed by atoms with E-state index in [4.69, 9.17) is 0 Å². The third kappa shape index (κ3) is 4.96. The number of nitrogens with one attached hydrogen (secondary N) is 1. The molecule has 0 aliphatic carbocycles. The fraction of sp³-hybridized carbons (Fsp3) is 0.167. The smallest absolute Gasteiger partial charge is 0.250 e. The summed E-state index contributed by atoms with van der Waals surface area (Å²) in [7, 11) is 0. The molecule has 0 unspecified atom stereocenters. The van der Waals surface area contributed by atoms with Gasteiger partial charge in [0.2, 0.25) is 0 Å². The van der Waals surface area contributed by atoms with Crippen molar-refractivity contribution >= 4 is 35.2 Å². The summed E-state index contributed by atoms with van der Waals surface area (Å²) in [6, 6.07) is 11.7. The second-order valence-corrected chi connectivity index (χ2v) is 7.73. The summed E-state index contributed by atoms with van der Waals surface area (Å²) in [5.74, 6) is 0.0344. The average Bonchev–Trinajstić information content (AvgIpc) is 3.13. The normalized spacial score (nSPS) is 11.0. The Morgan fingerprint density at radius 1 is 1.27 bits per heavy atom. The maximum atomic E-state index is 11.9. The average molecular weight is 384 g/mol. The second kappa shape index (κ2) is 8.68. The van der Waals surface area contributed by atoms with Crippen LogP contribution in [0.3, 0.4) is 0 Å². The molecule has 0 spiro atoms. The largest absolute Gasteiger partial charge is 0.272 e. The first-order chi connectivity index (χ1) is 12.6. The van der Waals surface area contributed by atoms with Gasteiger partial charge in [-0.15, -0.1) is 10.2 Å². The molecular formula is C18H17N5OS2. The summed E-state index contributed by atoms with van der Waals surface area (Å²) < 4.78 is 0.722. The molecule has 1 aromatic carbocycles. The van der Waals surface area contributed by atoms with Crippen LogP contribution in [-0.2, 0) is 4.79 Å². The van der Waals surface area contributed by atoms with Crippen LogP contribution in [0.2, 0.25) is 0 Å². The van der Waals surface area contributed by atoms with Gasteiger partial charge >= 0.3 is 0 Å². The van der Waals surface area contributed by atoms with Crippen LogP contribution in [0, 0.1) is 13.8 Å². The first-order valence-electron chi connectivity index (χ1n) is 7.88. The van der Waals surface area contributed by atoms with E-state index in [2.05, 4.69) is 25.7 Å². The van der Waals surface area contributed by atoms with Gasteiger partial charge in [-0.1, -0.05) is 52.9 Å². The Balaban J connectivity index is 1.51. The molecule has 1 N–H and O–H groups in total. The van der Waals surface area contributed by atoms with E-state index in [0.717, 1.165) is 31.7 Å². The molecule has 0 fully saturated rings. The molecule has 2 aromatic heterocycles. The number of carbonyl (C=O) groups excluding carboxylic acids is 1. The van der Waals surface area contributed by atoms with Crippen molar-refractivity contribution in [3.63, 3.8) is 0 Å². The van der Waals surface area contributed by atoms with Gasteiger partial charge in [0.15, 0.2) is 9.35 Å². The van der Waals surface area contributed by atoms with Gasteiger partial charge in [0.1, 0.15) is 5.69 Å². The fourth-order valence-electron chi connectivity index (χ4n) is 2.09. The van der Waals surface area contributed by atoms with Crippen LogP contribution in [0.1, 0.15) is 16.7 Å². The van der Waals surface area contributed by atoms with Crippen molar-refractivity contribution < 1.29 is 4.79 Å². The van der Waals surface area contributed by atoms with E-state index in [9.17, 15) is 4.79 Å². The topological polar surface area (TPSA) is 80.1 Å². The third-order valence-corrected chi connectivity index (χ3v) is 5.52. The minimum Gasteiger partial charge on any atom is -0.272 e. The van der Waals surface area contributed by atoms with Crippen LogP contribution in [0.25, 0.3) is 10.7 Å². The number of hydrazone groups is 1. The number of amides is 1. The minimum absolute atomic E-state index is 0.189. The molecule has 8 heteroatoms. The Morgan fingerprint density at radius 3 is 2.96 bits per heavy atom. The molecule has 2 heterocycles. The van der Waals surface area contributed by atoms with Crippen LogP contribution in [-0.4, -0.2) is 33.1 Å². The summed E-state index contributed by atoms with van der Waals surface area (Å²) in [5, 5.41) is 13.0. The lowest BCUT2D eigenvalue weighted by molar-refractivity contribution is -0.118. The number of aromatic nitrogens is 3. The summed E-state index contributed by atoms with van der Waals surface area (Å²) in [6.45, 7) is 4.03. The number of hydrogen-bond acceptors (Lipinski definition) is 7. The van der Waals surface area contributed by atoms with Crippen molar-refractivity contribution in [3.8, 4) is 10.7 Å². The molecule has 26 heavy (non-hydrogen) atoms. The highest BCUT2D eigenvalue weighted by Gasteiger charge is 2.09. The highest BCUT2D eigenvalue weighted by atomic mass is 32.2. The zero-order chi connectivity index (χ0) is 18.4. The van der Waals surface area contributed by atoms with Crippen LogP contribution in [0.5, 0.6) is 0 Å². The van der Waals surface area contributed by atoms with Crippen LogP contribution >= 0.6 is 23.1 Å². The molecule has 0 aliphatic rings. The lowest BCUT2D eigenvalue weighted by atomic mass is 10.1. The Labute approximate surface area is 159 Å². The Morgan fingerprint density at radius 2 is 2.15 bits per heavy atom. The number of pyridine rings is 1. The van der Waals surface area contributed by atoms with Gasteiger partial charge in [-0.05, 0) is 37.1 Å². The first-order valence-corrected chi connectivity index (χ1v) is 9.69. The first kappa shape index (κ1) is 18.2. The van der Waals surface area contributed by atoms with Gasteiger partial charge in [-0.2, -0.15) is 5.10 Å². The molecule has 0 radical (unpaired) electrons. The summed E-state index contributed by atoms with van der Waals surface area (Å²) in [4.78, 5) is 16.2. The Kier molecular flexibility index (Phi) is 6.08.